The van der Waals surface area contributed by atoms with E-state index in [4.69, 9.17) is 4.98 Å². The van der Waals surface area contributed by atoms with Crippen LogP contribution in [0.3, 0.4) is 0 Å². The molecule has 7 heteroatoms. The van der Waals surface area contributed by atoms with Crippen molar-refractivity contribution in [3.05, 3.63) is 36.4 Å². The zero-order valence-electron chi connectivity index (χ0n) is 16.1. The van der Waals surface area contributed by atoms with Crippen molar-refractivity contribution in [2.75, 3.05) is 12.8 Å². The molecule has 2 aliphatic carbocycles. The van der Waals surface area contributed by atoms with E-state index in [-0.39, 0.29) is 6.04 Å². The van der Waals surface area contributed by atoms with Crippen molar-refractivity contribution >= 4 is 31.8 Å². The summed E-state index contributed by atoms with van der Waals surface area (Å²) in [6, 6.07) is 4.23. The van der Waals surface area contributed by atoms with Gasteiger partial charge in [-0.15, -0.1) is 0 Å². The van der Waals surface area contributed by atoms with Crippen LogP contribution >= 0.6 is 0 Å². The topological polar surface area (TPSA) is 79.0 Å². The molecule has 6 nitrogen and oxygen atoms in total. The number of fused-ring (bicyclic) bond motifs is 3. The fraction of sp³-hybridized carbons (Fsp3) is 0.524. The number of aromatic amines is 1. The van der Waals surface area contributed by atoms with Crippen molar-refractivity contribution < 1.29 is 8.42 Å². The van der Waals surface area contributed by atoms with Crippen molar-refractivity contribution in [1.82, 2.24) is 19.3 Å². The van der Waals surface area contributed by atoms with Crippen LogP contribution in [0.5, 0.6) is 0 Å². The number of aromatic nitrogens is 3. The highest BCUT2D eigenvalue weighted by atomic mass is 32.2. The predicted molar refractivity (Wildman–Crippen MR) is 111 cm³/mol. The molecule has 0 bridgehead atoms. The lowest BCUT2D eigenvalue weighted by Gasteiger charge is -2.35. The largest absolute Gasteiger partial charge is 0.346 e. The summed E-state index contributed by atoms with van der Waals surface area (Å²) < 4.78 is 26.5. The Labute approximate surface area is 165 Å². The maximum absolute atomic E-state index is 12.3. The number of nitrogens with zero attached hydrogens (tertiary/aromatic N) is 3. The Balaban J connectivity index is 1.42. The van der Waals surface area contributed by atoms with Gasteiger partial charge in [0.05, 0.1) is 11.9 Å². The van der Waals surface area contributed by atoms with E-state index in [1.807, 2.05) is 24.7 Å². The summed E-state index contributed by atoms with van der Waals surface area (Å²) in [5.41, 5.74) is 2.03. The second kappa shape index (κ2) is 6.81. The van der Waals surface area contributed by atoms with Crippen LogP contribution in [0, 0.1) is 5.92 Å². The van der Waals surface area contributed by atoms with Gasteiger partial charge >= 0.3 is 0 Å². The van der Waals surface area contributed by atoms with E-state index in [0.717, 1.165) is 47.8 Å². The van der Waals surface area contributed by atoms with Crippen molar-refractivity contribution in [3.8, 4) is 0 Å². The highest BCUT2D eigenvalue weighted by Gasteiger charge is 2.36. The molecule has 3 aromatic rings. The summed E-state index contributed by atoms with van der Waals surface area (Å²) in [6.07, 6.45) is 13.2. The summed E-state index contributed by atoms with van der Waals surface area (Å²) in [4.78, 5) is 12.5. The number of pyridine rings is 2. The minimum Gasteiger partial charge on any atom is -0.346 e. The standard InChI is InChI=1S/C21H26N4O2S/c1-28(26,27)25(13-14-2-3-14)17-6-4-15(5-7-17)20-19-16(8-10-22-20)12-24-21-18(19)9-11-23-21/h8-12,14-15,17H,2-7,13H2,1H3,(H,23,24). The van der Waals surface area contributed by atoms with Gasteiger partial charge in [0.15, 0.2) is 0 Å². The Kier molecular flexibility index (Phi) is 4.39. The van der Waals surface area contributed by atoms with Crippen LogP contribution < -0.4 is 0 Å². The minimum absolute atomic E-state index is 0.135. The van der Waals surface area contributed by atoms with E-state index >= 15 is 0 Å². The smallest absolute Gasteiger partial charge is 0.211 e. The van der Waals surface area contributed by atoms with E-state index in [0.29, 0.717) is 18.4 Å². The summed E-state index contributed by atoms with van der Waals surface area (Å²) in [7, 11) is -3.15. The number of nitrogens with one attached hydrogen (secondary N) is 1. The Morgan fingerprint density at radius 1 is 1.11 bits per heavy atom. The molecule has 3 aromatic heterocycles. The molecule has 3 heterocycles. The molecule has 0 amide bonds. The second-order valence-corrected chi connectivity index (χ2v) is 10.4. The van der Waals surface area contributed by atoms with Crippen molar-refractivity contribution in [2.45, 2.75) is 50.5 Å². The van der Waals surface area contributed by atoms with Crippen LogP contribution in [0.1, 0.15) is 50.1 Å². The third-order valence-corrected chi connectivity index (χ3v) is 7.69. The van der Waals surface area contributed by atoms with Gasteiger partial charge in [0, 0.05) is 53.3 Å². The zero-order valence-corrected chi connectivity index (χ0v) is 17.0. The molecule has 0 saturated heterocycles. The van der Waals surface area contributed by atoms with Crippen LogP contribution in [0.2, 0.25) is 0 Å². The van der Waals surface area contributed by atoms with Gasteiger partial charge in [-0.2, -0.15) is 4.31 Å². The van der Waals surface area contributed by atoms with Gasteiger partial charge in [-0.1, -0.05) is 0 Å². The summed E-state index contributed by atoms with van der Waals surface area (Å²) in [5.74, 6) is 0.935. The van der Waals surface area contributed by atoms with E-state index in [9.17, 15) is 8.42 Å². The number of rotatable bonds is 5. The molecule has 0 radical (unpaired) electrons. The van der Waals surface area contributed by atoms with Gasteiger partial charge in [-0.25, -0.2) is 13.4 Å². The van der Waals surface area contributed by atoms with Crippen molar-refractivity contribution in [1.29, 1.82) is 0 Å². The monoisotopic (exact) mass is 398 g/mol. The summed E-state index contributed by atoms with van der Waals surface area (Å²) in [5, 5.41) is 3.43. The first kappa shape index (κ1) is 18.1. The van der Waals surface area contributed by atoms with Gasteiger partial charge in [0.1, 0.15) is 5.65 Å². The number of sulfonamides is 1. The first-order valence-electron chi connectivity index (χ1n) is 10.2. The third kappa shape index (κ3) is 3.31. The van der Waals surface area contributed by atoms with Crippen LogP contribution in [-0.4, -0.2) is 46.5 Å². The fourth-order valence-electron chi connectivity index (χ4n) is 4.75. The first-order chi connectivity index (χ1) is 13.5. The Morgan fingerprint density at radius 2 is 1.89 bits per heavy atom. The maximum Gasteiger partial charge on any atom is 0.211 e. The van der Waals surface area contributed by atoms with Gasteiger partial charge in [0.2, 0.25) is 10.0 Å². The van der Waals surface area contributed by atoms with Gasteiger partial charge in [-0.3, -0.25) is 4.98 Å². The van der Waals surface area contributed by atoms with Gasteiger partial charge < -0.3 is 4.98 Å². The molecule has 0 aliphatic heterocycles. The molecule has 148 valence electrons. The average Bonchev–Trinajstić information content (AvgIpc) is 3.38. The average molecular weight is 399 g/mol. The summed E-state index contributed by atoms with van der Waals surface area (Å²) in [6.45, 7) is 0.705. The van der Waals surface area contributed by atoms with E-state index in [1.54, 1.807) is 4.31 Å². The number of hydrogen-bond donors (Lipinski definition) is 1. The molecule has 2 aliphatic rings. The quantitative estimate of drug-likeness (QED) is 0.709. The third-order valence-electron chi connectivity index (χ3n) is 6.39. The first-order valence-corrected chi connectivity index (χ1v) is 12.0. The highest BCUT2D eigenvalue weighted by Crippen LogP contribution is 2.40. The molecule has 0 unspecified atom stereocenters. The number of hydrogen-bond acceptors (Lipinski definition) is 4. The molecular weight excluding hydrogens is 372 g/mol. The Bertz CT molecular complexity index is 1110. The molecule has 0 spiro atoms. The molecule has 0 aromatic carbocycles. The van der Waals surface area contributed by atoms with Crippen molar-refractivity contribution in [2.24, 2.45) is 5.92 Å². The lowest BCUT2D eigenvalue weighted by molar-refractivity contribution is 0.234. The molecule has 1 N–H and O–H groups in total. The molecule has 2 saturated carbocycles. The van der Waals surface area contributed by atoms with Crippen LogP contribution in [-0.2, 0) is 10.0 Å². The second-order valence-electron chi connectivity index (χ2n) is 8.44. The van der Waals surface area contributed by atoms with E-state index in [1.165, 1.54) is 24.5 Å². The van der Waals surface area contributed by atoms with E-state index < -0.39 is 10.0 Å². The lowest BCUT2D eigenvalue weighted by Crippen LogP contribution is -2.42. The van der Waals surface area contributed by atoms with Gasteiger partial charge in [0.25, 0.3) is 0 Å². The lowest BCUT2D eigenvalue weighted by atomic mass is 9.82. The molecule has 2 fully saturated rings. The van der Waals surface area contributed by atoms with Crippen LogP contribution in [0.15, 0.2) is 30.7 Å². The number of H-pyrrole nitrogens is 1. The SMILES string of the molecule is CS(=O)(=O)N(CC1CC1)C1CCC(c2nccc3cnc4[nH]ccc4c23)CC1. The zero-order chi connectivity index (χ0) is 19.3. The van der Waals surface area contributed by atoms with E-state index in [2.05, 4.69) is 16.0 Å². The fourth-order valence-corrected chi connectivity index (χ4v) is 5.99. The van der Waals surface area contributed by atoms with Crippen LogP contribution in [0.25, 0.3) is 21.8 Å². The summed E-state index contributed by atoms with van der Waals surface area (Å²) >= 11 is 0. The predicted octanol–water partition coefficient (Wildman–Crippen LogP) is 3.81. The normalized spacial score (nSPS) is 23.6. The molecule has 0 atom stereocenters. The molecular formula is C21H26N4O2S. The van der Waals surface area contributed by atoms with Crippen molar-refractivity contribution in [3.63, 3.8) is 0 Å². The maximum atomic E-state index is 12.3. The van der Waals surface area contributed by atoms with Crippen LogP contribution in [0.4, 0.5) is 0 Å². The Hall–Kier alpha value is -1.99. The molecule has 5 rings (SSSR count). The van der Waals surface area contributed by atoms with Gasteiger partial charge in [-0.05, 0) is 56.6 Å². The highest BCUT2D eigenvalue weighted by molar-refractivity contribution is 7.88. The minimum atomic E-state index is -3.15. The molecule has 28 heavy (non-hydrogen) atoms. The Morgan fingerprint density at radius 3 is 2.61 bits per heavy atom.